The van der Waals surface area contributed by atoms with E-state index in [0.29, 0.717) is 43.5 Å². The van der Waals surface area contributed by atoms with Crippen LogP contribution in [0.3, 0.4) is 0 Å². The van der Waals surface area contributed by atoms with Crippen molar-refractivity contribution in [2.75, 3.05) is 12.4 Å². The Hall–Kier alpha value is -3.80. The maximum atomic E-state index is 13.6. The second-order valence-corrected chi connectivity index (χ2v) is 9.26. The molecule has 0 radical (unpaired) electrons. The van der Waals surface area contributed by atoms with E-state index < -0.39 is 40.9 Å². The third-order valence-corrected chi connectivity index (χ3v) is 6.86. The normalized spacial score (nSPS) is 17.8. The van der Waals surface area contributed by atoms with E-state index in [-0.39, 0.29) is 16.9 Å². The lowest BCUT2D eigenvalue weighted by Gasteiger charge is -2.20. The Balaban J connectivity index is 1.40. The molecule has 3 aliphatic rings. The zero-order valence-corrected chi connectivity index (χ0v) is 19.7. The number of Topliss-reactive ketones (excluding diaryl/α,β-unsaturated/α-hetero) is 1. The third-order valence-electron chi connectivity index (χ3n) is 6.86. The molecule has 5 rings (SSSR count). The standard InChI is InChI=1S/C24H25F3N6O3/c1-12-18(20(34)23(36)30-24(7-8-24)17-11-28-32(2)31-17)16-4-3-9-33(16)19(12)22(35)29-13-5-6-15(25)14(10-13)21(26)27/h5-6,10-11,21,28,31H,3-4,7-9H2,1-2H3,(H,29,35)(H,30,36). The Labute approximate surface area is 204 Å². The smallest absolute Gasteiger partial charge is 0.293 e. The Morgan fingerprint density at radius 1 is 1.19 bits per heavy atom. The minimum Gasteiger partial charge on any atom is -0.340 e. The molecule has 3 heterocycles. The second-order valence-electron chi connectivity index (χ2n) is 9.26. The fraction of sp³-hybridized carbons (Fsp3) is 0.375. The third kappa shape index (κ3) is 4.00. The minimum absolute atomic E-state index is 0.00172. The number of halogens is 3. The highest BCUT2D eigenvalue weighted by Crippen LogP contribution is 2.42. The van der Waals surface area contributed by atoms with Gasteiger partial charge in [0.25, 0.3) is 24.0 Å². The van der Waals surface area contributed by atoms with Crippen LogP contribution in [0.1, 0.15) is 63.4 Å². The minimum atomic E-state index is -3.04. The van der Waals surface area contributed by atoms with Crippen LogP contribution in [-0.2, 0) is 17.8 Å². The predicted octanol–water partition coefficient (Wildman–Crippen LogP) is 2.70. The van der Waals surface area contributed by atoms with Gasteiger partial charge in [-0.3, -0.25) is 14.4 Å². The van der Waals surface area contributed by atoms with Gasteiger partial charge in [-0.2, -0.15) is 0 Å². The number of ketones is 1. The van der Waals surface area contributed by atoms with Crippen molar-refractivity contribution in [3.05, 3.63) is 64.0 Å². The number of nitrogens with one attached hydrogen (secondary N) is 4. The summed E-state index contributed by atoms with van der Waals surface area (Å²) in [5, 5.41) is 7.00. The van der Waals surface area contributed by atoms with Crippen molar-refractivity contribution in [3.8, 4) is 0 Å². The molecule has 2 aliphatic heterocycles. The van der Waals surface area contributed by atoms with Gasteiger partial charge >= 0.3 is 0 Å². The van der Waals surface area contributed by atoms with Crippen LogP contribution in [0.4, 0.5) is 18.9 Å². The lowest BCUT2D eigenvalue weighted by molar-refractivity contribution is -0.117. The van der Waals surface area contributed by atoms with Crippen LogP contribution in [-0.4, -0.2) is 39.9 Å². The van der Waals surface area contributed by atoms with Crippen LogP contribution in [0.25, 0.3) is 0 Å². The molecule has 1 aromatic carbocycles. The molecule has 0 atom stereocenters. The fourth-order valence-electron chi connectivity index (χ4n) is 4.92. The average Bonchev–Trinajstić information content (AvgIpc) is 3.13. The maximum Gasteiger partial charge on any atom is 0.293 e. The molecule has 36 heavy (non-hydrogen) atoms. The number of benzene rings is 1. The fourth-order valence-corrected chi connectivity index (χ4v) is 4.92. The SMILES string of the molecule is Cc1c(C(=O)C(=O)NC2(C3=CNN(C)N3)CC2)c2n(c1C(=O)Nc1ccc(F)c(C(F)F)c1)CCC2. The Morgan fingerprint density at radius 3 is 2.58 bits per heavy atom. The summed E-state index contributed by atoms with van der Waals surface area (Å²) in [5.74, 6) is -3.19. The molecule has 2 amide bonds. The Morgan fingerprint density at radius 2 is 1.94 bits per heavy atom. The summed E-state index contributed by atoms with van der Waals surface area (Å²) in [6, 6.07) is 2.93. The van der Waals surface area contributed by atoms with Crippen molar-refractivity contribution < 1.29 is 27.6 Å². The lowest BCUT2D eigenvalue weighted by atomic mass is 10.0. The number of anilines is 1. The molecule has 1 aromatic heterocycles. The average molecular weight is 502 g/mol. The number of hydrazine groups is 2. The van der Waals surface area contributed by atoms with E-state index in [1.807, 2.05) is 0 Å². The summed E-state index contributed by atoms with van der Waals surface area (Å²) < 4.78 is 41.5. The highest BCUT2D eigenvalue weighted by atomic mass is 19.3. The number of fused-ring (bicyclic) bond motifs is 1. The van der Waals surface area contributed by atoms with E-state index in [1.165, 1.54) is 6.07 Å². The molecular weight excluding hydrogens is 477 g/mol. The predicted molar refractivity (Wildman–Crippen MR) is 123 cm³/mol. The monoisotopic (exact) mass is 502 g/mol. The van der Waals surface area contributed by atoms with Gasteiger partial charge in [-0.25, -0.2) is 13.2 Å². The summed E-state index contributed by atoms with van der Waals surface area (Å²) in [5.41, 5.74) is 6.61. The van der Waals surface area contributed by atoms with Crippen molar-refractivity contribution in [2.45, 2.75) is 51.1 Å². The van der Waals surface area contributed by atoms with E-state index in [0.717, 1.165) is 17.8 Å². The highest BCUT2D eigenvalue weighted by molar-refractivity contribution is 6.44. The van der Waals surface area contributed by atoms with Crippen molar-refractivity contribution in [1.82, 2.24) is 25.9 Å². The summed E-state index contributed by atoms with van der Waals surface area (Å²) in [6.07, 6.45) is 1.25. The molecule has 1 saturated carbocycles. The number of rotatable bonds is 7. The number of carbonyl (C=O) groups excluding carboxylic acids is 3. The summed E-state index contributed by atoms with van der Waals surface area (Å²) in [4.78, 5) is 39.5. The van der Waals surface area contributed by atoms with Gasteiger partial charge in [-0.15, -0.1) is 5.12 Å². The first kappa shape index (κ1) is 23.9. The number of amides is 2. The highest BCUT2D eigenvalue weighted by Gasteiger charge is 2.50. The second kappa shape index (κ2) is 8.70. The first-order valence-electron chi connectivity index (χ1n) is 11.6. The molecule has 0 saturated heterocycles. The first-order valence-corrected chi connectivity index (χ1v) is 11.6. The van der Waals surface area contributed by atoms with Crippen LogP contribution in [0.2, 0.25) is 0 Å². The first-order chi connectivity index (χ1) is 17.1. The number of alkyl halides is 2. The van der Waals surface area contributed by atoms with Crippen LogP contribution in [0, 0.1) is 12.7 Å². The van der Waals surface area contributed by atoms with Gasteiger partial charge < -0.3 is 26.1 Å². The van der Waals surface area contributed by atoms with Crippen molar-refractivity contribution in [1.29, 1.82) is 0 Å². The van der Waals surface area contributed by atoms with Gasteiger partial charge in [-0.05, 0) is 56.4 Å². The largest absolute Gasteiger partial charge is 0.340 e. The molecular formula is C24H25F3N6O3. The van der Waals surface area contributed by atoms with Crippen LogP contribution < -0.4 is 21.5 Å². The van der Waals surface area contributed by atoms with Gasteiger partial charge in [0.05, 0.1) is 22.4 Å². The molecule has 4 N–H and O–H groups in total. The molecule has 9 nitrogen and oxygen atoms in total. The van der Waals surface area contributed by atoms with E-state index in [1.54, 1.807) is 29.9 Å². The van der Waals surface area contributed by atoms with Crippen LogP contribution in [0.15, 0.2) is 30.1 Å². The molecule has 1 fully saturated rings. The number of hydrogen-bond donors (Lipinski definition) is 4. The number of aromatic nitrogens is 1. The van der Waals surface area contributed by atoms with Crippen LogP contribution in [0.5, 0.6) is 0 Å². The summed E-state index contributed by atoms with van der Waals surface area (Å²) >= 11 is 0. The number of nitrogens with zero attached hydrogens (tertiary/aromatic N) is 2. The van der Waals surface area contributed by atoms with Gasteiger partial charge in [-0.1, -0.05) is 0 Å². The van der Waals surface area contributed by atoms with Crippen molar-refractivity contribution in [3.63, 3.8) is 0 Å². The lowest BCUT2D eigenvalue weighted by Crippen LogP contribution is -2.46. The molecule has 190 valence electrons. The van der Waals surface area contributed by atoms with Crippen molar-refractivity contribution in [2.24, 2.45) is 0 Å². The van der Waals surface area contributed by atoms with Gasteiger partial charge in [0.1, 0.15) is 11.5 Å². The number of hydrogen-bond acceptors (Lipinski definition) is 6. The quantitative estimate of drug-likeness (QED) is 0.343. The number of carbonyl (C=O) groups is 3. The zero-order chi connectivity index (χ0) is 25.8. The van der Waals surface area contributed by atoms with E-state index in [4.69, 9.17) is 0 Å². The van der Waals surface area contributed by atoms with Gasteiger partial charge in [0.15, 0.2) is 0 Å². The molecule has 2 aromatic rings. The molecule has 0 bridgehead atoms. The van der Waals surface area contributed by atoms with E-state index >= 15 is 0 Å². The summed E-state index contributed by atoms with van der Waals surface area (Å²) in [6.45, 7) is 2.06. The zero-order valence-electron chi connectivity index (χ0n) is 19.7. The molecule has 0 spiro atoms. The summed E-state index contributed by atoms with van der Waals surface area (Å²) in [7, 11) is 1.77. The maximum absolute atomic E-state index is 13.6. The molecule has 0 unspecified atom stereocenters. The van der Waals surface area contributed by atoms with E-state index in [2.05, 4.69) is 21.5 Å². The Bertz CT molecular complexity index is 1310. The van der Waals surface area contributed by atoms with Crippen molar-refractivity contribution >= 4 is 23.3 Å². The van der Waals surface area contributed by atoms with E-state index in [9.17, 15) is 27.6 Å². The van der Waals surface area contributed by atoms with Crippen LogP contribution >= 0.6 is 0 Å². The topological polar surface area (TPSA) is 108 Å². The van der Waals surface area contributed by atoms with Gasteiger partial charge in [0.2, 0.25) is 0 Å². The van der Waals surface area contributed by atoms with Gasteiger partial charge in [0, 0.05) is 31.2 Å². The molecule has 12 heteroatoms. The Kier molecular flexibility index (Phi) is 5.78. The molecule has 1 aliphatic carbocycles.